The molecule has 2 aromatic rings. The second-order valence-electron chi connectivity index (χ2n) is 5.33. The standard InChI is InChI=1S/C17H18ClNO3/c18-11-5-6-17-13(7-11)14(8-19-10-21)15(9-20)12-3-1-2-4-16(12)22-17/h1-7,14-15,19-21H,8-10H2/t14-,15-/m0/s1. The molecule has 3 N–H and O–H groups in total. The molecule has 0 radical (unpaired) electrons. The Morgan fingerprint density at radius 3 is 2.55 bits per heavy atom. The number of benzene rings is 2. The Morgan fingerprint density at radius 1 is 1.00 bits per heavy atom. The molecule has 116 valence electrons. The summed E-state index contributed by atoms with van der Waals surface area (Å²) < 4.78 is 6.04. The van der Waals surface area contributed by atoms with Crippen molar-refractivity contribution >= 4 is 11.6 Å². The van der Waals surface area contributed by atoms with Crippen molar-refractivity contribution in [3.05, 3.63) is 58.6 Å². The minimum absolute atomic E-state index is 0.00982. The van der Waals surface area contributed by atoms with Crippen LogP contribution in [0.3, 0.4) is 0 Å². The first kappa shape index (κ1) is 15.3. The summed E-state index contributed by atoms with van der Waals surface area (Å²) in [5, 5.41) is 22.6. The van der Waals surface area contributed by atoms with Crippen LogP contribution in [0.4, 0.5) is 0 Å². The highest BCUT2D eigenvalue weighted by atomic mass is 35.5. The van der Waals surface area contributed by atoms with E-state index in [2.05, 4.69) is 5.32 Å². The third-order valence-electron chi connectivity index (χ3n) is 4.07. The zero-order valence-corrected chi connectivity index (χ0v) is 12.8. The van der Waals surface area contributed by atoms with Crippen LogP contribution in [0.1, 0.15) is 23.0 Å². The third-order valence-corrected chi connectivity index (χ3v) is 4.30. The fourth-order valence-corrected chi connectivity index (χ4v) is 3.21. The lowest BCUT2D eigenvalue weighted by atomic mass is 9.82. The summed E-state index contributed by atoms with van der Waals surface area (Å²) in [7, 11) is 0. The van der Waals surface area contributed by atoms with Gasteiger partial charge in [-0.25, -0.2) is 0 Å². The molecule has 22 heavy (non-hydrogen) atoms. The van der Waals surface area contributed by atoms with Crippen LogP contribution in [0.5, 0.6) is 11.5 Å². The Morgan fingerprint density at radius 2 is 1.77 bits per heavy atom. The van der Waals surface area contributed by atoms with E-state index in [9.17, 15) is 5.11 Å². The van der Waals surface area contributed by atoms with Gasteiger partial charge in [-0.15, -0.1) is 0 Å². The largest absolute Gasteiger partial charge is 0.457 e. The first-order valence-corrected chi connectivity index (χ1v) is 7.61. The predicted molar refractivity (Wildman–Crippen MR) is 85.6 cm³/mol. The van der Waals surface area contributed by atoms with Gasteiger partial charge in [-0.3, -0.25) is 5.32 Å². The van der Waals surface area contributed by atoms with Crippen LogP contribution >= 0.6 is 11.6 Å². The lowest BCUT2D eigenvalue weighted by Gasteiger charge is -2.25. The van der Waals surface area contributed by atoms with Crippen molar-refractivity contribution in [1.29, 1.82) is 0 Å². The monoisotopic (exact) mass is 319 g/mol. The fraction of sp³-hybridized carbons (Fsp3) is 0.294. The van der Waals surface area contributed by atoms with Crippen LogP contribution in [0, 0.1) is 0 Å². The predicted octanol–water partition coefficient (Wildman–Crippen LogP) is 2.84. The first-order valence-electron chi connectivity index (χ1n) is 7.23. The van der Waals surface area contributed by atoms with E-state index >= 15 is 0 Å². The lowest BCUT2D eigenvalue weighted by Crippen LogP contribution is -2.27. The maximum atomic E-state index is 9.95. The fourth-order valence-electron chi connectivity index (χ4n) is 3.03. The van der Waals surface area contributed by atoms with Gasteiger partial charge in [-0.05, 0) is 24.3 Å². The van der Waals surface area contributed by atoms with Crippen LogP contribution in [-0.4, -0.2) is 30.1 Å². The molecule has 0 saturated carbocycles. The Labute approximate surface area is 134 Å². The minimum Gasteiger partial charge on any atom is -0.457 e. The number of rotatable bonds is 4. The Balaban J connectivity index is 2.14. The van der Waals surface area contributed by atoms with Crippen LogP contribution in [0.2, 0.25) is 5.02 Å². The maximum absolute atomic E-state index is 9.95. The molecule has 0 saturated heterocycles. The Bertz CT molecular complexity index is 662. The molecule has 1 aliphatic heterocycles. The van der Waals surface area contributed by atoms with E-state index in [1.807, 2.05) is 36.4 Å². The molecule has 0 amide bonds. The number of hydrogen-bond acceptors (Lipinski definition) is 4. The van der Waals surface area contributed by atoms with Crippen LogP contribution in [-0.2, 0) is 0 Å². The summed E-state index contributed by atoms with van der Waals surface area (Å²) in [6, 6.07) is 13.2. The number of aliphatic hydroxyl groups excluding tert-OH is 2. The number of ether oxygens (including phenoxy) is 1. The molecule has 0 aliphatic carbocycles. The molecule has 0 aromatic heterocycles. The molecule has 4 nitrogen and oxygen atoms in total. The third kappa shape index (κ3) is 2.83. The molecule has 0 bridgehead atoms. The van der Waals surface area contributed by atoms with E-state index in [1.165, 1.54) is 0 Å². The Kier molecular flexibility index (Phi) is 4.64. The molecule has 5 heteroatoms. The van der Waals surface area contributed by atoms with Crippen molar-refractivity contribution in [1.82, 2.24) is 5.32 Å². The average molecular weight is 320 g/mol. The van der Waals surface area contributed by atoms with Crippen LogP contribution < -0.4 is 10.1 Å². The van der Waals surface area contributed by atoms with E-state index in [0.29, 0.717) is 11.6 Å². The van der Waals surface area contributed by atoms with Gasteiger partial charge in [0.1, 0.15) is 11.5 Å². The highest BCUT2D eigenvalue weighted by molar-refractivity contribution is 6.30. The van der Waals surface area contributed by atoms with Gasteiger partial charge in [0.2, 0.25) is 0 Å². The summed E-state index contributed by atoms with van der Waals surface area (Å²) in [6.45, 7) is 0.393. The second-order valence-corrected chi connectivity index (χ2v) is 5.77. The topological polar surface area (TPSA) is 61.7 Å². The van der Waals surface area contributed by atoms with E-state index < -0.39 is 0 Å². The van der Waals surface area contributed by atoms with Gasteiger partial charge in [-0.1, -0.05) is 29.8 Å². The zero-order chi connectivity index (χ0) is 15.5. The molecule has 3 rings (SSSR count). The number of fused-ring (bicyclic) bond motifs is 2. The van der Waals surface area contributed by atoms with Gasteiger partial charge >= 0.3 is 0 Å². The molecule has 2 aromatic carbocycles. The summed E-state index contributed by atoms with van der Waals surface area (Å²) in [4.78, 5) is 0. The molecular formula is C17H18ClNO3. The summed E-state index contributed by atoms with van der Waals surface area (Å²) in [5.41, 5.74) is 1.89. The maximum Gasteiger partial charge on any atom is 0.131 e. The van der Waals surface area contributed by atoms with Gasteiger partial charge in [-0.2, -0.15) is 0 Å². The molecule has 2 atom stereocenters. The average Bonchev–Trinajstić information content (AvgIpc) is 2.66. The van der Waals surface area contributed by atoms with E-state index in [-0.39, 0.29) is 25.2 Å². The van der Waals surface area contributed by atoms with Gasteiger partial charge < -0.3 is 14.9 Å². The highest BCUT2D eigenvalue weighted by Crippen LogP contribution is 2.46. The lowest BCUT2D eigenvalue weighted by molar-refractivity contribution is 0.226. The number of para-hydroxylation sites is 1. The van der Waals surface area contributed by atoms with Gasteiger partial charge in [0, 0.05) is 34.5 Å². The second kappa shape index (κ2) is 6.67. The van der Waals surface area contributed by atoms with E-state index in [4.69, 9.17) is 21.4 Å². The van der Waals surface area contributed by atoms with Crippen molar-refractivity contribution < 1.29 is 14.9 Å². The van der Waals surface area contributed by atoms with E-state index in [1.54, 1.807) is 6.07 Å². The number of aliphatic hydroxyl groups is 2. The minimum atomic E-state index is -0.130. The van der Waals surface area contributed by atoms with E-state index in [0.717, 1.165) is 22.6 Å². The normalized spacial score (nSPS) is 19.8. The SMILES string of the molecule is OCNC[C@H]1c2cc(Cl)ccc2Oc2ccccc2[C@@H]1CO. The quantitative estimate of drug-likeness (QED) is 0.758. The van der Waals surface area contributed by atoms with Crippen molar-refractivity contribution in [2.45, 2.75) is 11.8 Å². The molecule has 0 fully saturated rings. The summed E-state index contributed by atoms with van der Waals surface area (Å²) in [6.07, 6.45) is 0. The molecule has 1 aliphatic rings. The van der Waals surface area contributed by atoms with Crippen LogP contribution in [0.25, 0.3) is 0 Å². The zero-order valence-electron chi connectivity index (χ0n) is 12.0. The van der Waals surface area contributed by atoms with Gasteiger partial charge in [0.15, 0.2) is 0 Å². The van der Waals surface area contributed by atoms with Crippen molar-refractivity contribution in [3.63, 3.8) is 0 Å². The number of nitrogens with one attached hydrogen (secondary N) is 1. The molecule has 0 unspecified atom stereocenters. The molecular weight excluding hydrogens is 302 g/mol. The van der Waals surface area contributed by atoms with Crippen molar-refractivity contribution in [2.75, 3.05) is 19.9 Å². The van der Waals surface area contributed by atoms with Crippen LogP contribution in [0.15, 0.2) is 42.5 Å². The van der Waals surface area contributed by atoms with Crippen molar-refractivity contribution in [2.24, 2.45) is 0 Å². The molecule has 0 spiro atoms. The first-order chi connectivity index (χ1) is 10.7. The number of hydrogen-bond donors (Lipinski definition) is 3. The van der Waals surface area contributed by atoms with Gasteiger partial charge in [0.25, 0.3) is 0 Å². The van der Waals surface area contributed by atoms with Crippen molar-refractivity contribution in [3.8, 4) is 11.5 Å². The van der Waals surface area contributed by atoms with Gasteiger partial charge in [0.05, 0.1) is 13.3 Å². The smallest absolute Gasteiger partial charge is 0.131 e. The highest BCUT2D eigenvalue weighted by Gasteiger charge is 2.32. The summed E-state index contributed by atoms with van der Waals surface area (Å²) >= 11 is 6.14. The summed E-state index contributed by atoms with van der Waals surface area (Å²) in [5.74, 6) is 1.30. The number of halogens is 1. The Hall–Kier alpha value is -1.59. The molecule has 1 heterocycles.